The van der Waals surface area contributed by atoms with Crippen molar-refractivity contribution in [3.05, 3.63) is 34.6 Å². The zero-order valence-corrected chi connectivity index (χ0v) is 12.1. The molecule has 3 rings (SSSR count). The zero-order chi connectivity index (χ0) is 14.3. The van der Waals surface area contributed by atoms with E-state index in [1.54, 1.807) is 17.0 Å². The highest BCUT2D eigenvalue weighted by molar-refractivity contribution is 9.10. The van der Waals surface area contributed by atoms with Gasteiger partial charge in [0.15, 0.2) is 0 Å². The molecule has 0 unspecified atom stereocenters. The Kier molecular flexibility index (Phi) is 3.33. The van der Waals surface area contributed by atoms with E-state index in [1.165, 1.54) is 6.07 Å². The van der Waals surface area contributed by atoms with Crippen molar-refractivity contribution in [2.45, 2.75) is 18.9 Å². The third-order valence-corrected chi connectivity index (χ3v) is 4.16. The number of benzene rings is 1. The maximum atomic E-state index is 13.6. The summed E-state index contributed by atoms with van der Waals surface area (Å²) in [5.74, 6) is -0.631. The van der Waals surface area contributed by atoms with Crippen LogP contribution >= 0.6 is 15.9 Å². The fourth-order valence-corrected chi connectivity index (χ4v) is 2.93. The Balaban J connectivity index is 2.04. The molecule has 1 aromatic carbocycles. The first-order valence-electron chi connectivity index (χ1n) is 6.31. The smallest absolute Gasteiger partial charge is 0.326 e. The van der Waals surface area contributed by atoms with Crippen molar-refractivity contribution in [1.82, 2.24) is 4.98 Å². The van der Waals surface area contributed by atoms with Gasteiger partial charge in [-0.05, 0) is 47.0 Å². The molecule has 0 spiro atoms. The maximum absolute atomic E-state index is 13.6. The molecule has 20 heavy (non-hydrogen) atoms. The summed E-state index contributed by atoms with van der Waals surface area (Å²) in [7, 11) is 0. The topological polar surface area (TPSA) is 53.4 Å². The van der Waals surface area contributed by atoms with E-state index < -0.39 is 12.0 Å². The Morgan fingerprint density at radius 1 is 1.45 bits per heavy atom. The fraction of sp³-hybridized carbons (Fsp3) is 0.286. The summed E-state index contributed by atoms with van der Waals surface area (Å²) in [6, 6.07) is 6.10. The second kappa shape index (κ2) is 5.01. The van der Waals surface area contributed by atoms with Gasteiger partial charge >= 0.3 is 5.97 Å². The molecule has 0 aliphatic carbocycles. The van der Waals surface area contributed by atoms with Crippen LogP contribution < -0.4 is 4.90 Å². The van der Waals surface area contributed by atoms with Crippen molar-refractivity contribution >= 4 is 38.6 Å². The van der Waals surface area contributed by atoms with Crippen LogP contribution in [-0.2, 0) is 4.79 Å². The lowest BCUT2D eigenvalue weighted by molar-refractivity contribution is -0.138. The number of rotatable bonds is 2. The Morgan fingerprint density at radius 2 is 2.25 bits per heavy atom. The number of fused-ring (bicyclic) bond motifs is 1. The maximum Gasteiger partial charge on any atom is 0.326 e. The normalized spacial score (nSPS) is 18.7. The number of hydrogen-bond donors (Lipinski definition) is 1. The average molecular weight is 339 g/mol. The Morgan fingerprint density at radius 3 is 3.00 bits per heavy atom. The van der Waals surface area contributed by atoms with Crippen LogP contribution in [0.3, 0.4) is 0 Å². The van der Waals surface area contributed by atoms with Gasteiger partial charge in [-0.15, -0.1) is 0 Å². The predicted molar refractivity (Wildman–Crippen MR) is 77.4 cm³/mol. The minimum absolute atomic E-state index is 0.377. The Labute approximate surface area is 123 Å². The highest BCUT2D eigenvalue weighted by Crippen LogP contribution is 2.28. The molecule has 0 radical (unpaired) electrons. The molecule has 1 N–H and O–H groups in total. The summed E-state index contributed by atoms with van der Waals surface area (Å²) >= 11 is 3.14. The third kappa shape index (κ3) is 2.24. The molecule has 1 aliphatic rings. The number of aliphatic carboxylic acids is 1. The number of carboxylic acids is 1. The molecule has 1 aliphatic heterocycles. The highest BCUT2D eigenvalue weighted by atomic mass is 79.9. The molecule has 6 heteroatoms. The summed E-state index contributed by atoms with van der Waals surface area (Å²) in [4.78, 5) is 17.4. The molecular weight excluding hydrogens is 327 g/mol. The highest BCUT2D eigenvalue weighted by Gasteiger charge is 2.31. The molecule has 2 aromatic rings. The Hall–Kier alpha value is -1.69. The van der Waals surface area contributed by atoms with Crippen LogP contribution in [0.25, 0.3) is 10.9 Å². The van der Waals surface area contributed by atoms with Crippen LogP contribution in [0.4, 0.5) is 10.2 Å². The number of anilines is 1. The van der Waals surface area contributed by atoms with Crippen molar-refractivity contribution in [3.8, 4) is 0 Å². The Bertz CT molecular complexity index is 692. The summed E-state index contributed by atoms with van der Waals surface area (Å²) < 4.78 is 14.0. The van der Waals surface area contributed by atoms with Crippen LogP contribution in [0.2, 0.25) is 0 Å². The van der Waals surface area contributed by atoms with E-state index in [1.807, 2.05) is 6.07 Å². The van der Waals surface area contributed by atoms with E-state index >= 15 is 0 Å². The summed E-state index contributed by atoms with van der Waals surface area (Å²) in [6.07, 6.45) is 1.44. The standard InChI is InChI=1S/C14H12BrFN2O2/c15-9-6-8-3-4-13(17-11(8)7-10(9)16)18-5-1-2-12(18)14(19)20/h3-4,6-7,12H,1-2,5H2,(H,19,20)/t12-/m0/s1. The first-order chi connectivity index (χ1) is 9.56. The lowest BCUT2D eigenvalue weighted by atomic mass is 10.2. The lowest BCUT2D eigenvalue weighted by Gasteiger charge is -2.22. The molecular formula is C14H12BrFN2O2. The molecule has 0 saturated carbocycles. The average Bonchev–Trinajstić information content (AvgIpc) is 2.89. The van der Waals surface area contributed by atoms with E-state index in [-0.39, 0.29) is 5.82 Å². The van der Waals surface area contributed by atoms with Crippen LogP contribution in [0, 0.1) is 5.82 Å². The van der Waals surface area contributed by atoms with Gasteiger partial charge in [0.05, 0.1) is 9.99 Å². The molecule has 2 heterocycles. The predicted octanol–water partition coefficient (Wildman–Crippen LogP) is 3.19. The number of nitrogens with zero attached hydrogens (tertiary/aromatic N) is 2. The fourth-order valence-electron chi connectivity index (χ4n) is 2.56. The summed E-state index contributed by atoms with van der Waals surface area (Å²) in [5.41, 5.74) is 0.527. The van der Waals surface area contributed by atoms with Gasteiger partial charge < -0.3 is 10.0 Å². The molecule has 1 saturated heterocycles. The van der Waals surface area contributed by atoms with Crippen molar-refractivity contribution in [2.24, 2.45) is 0 Å². The van der Waals surface area contributed by atoms with Gasteiger partial charge in [-0.3, -0.25) is 0 Å². The van der Waals surface area contributed by atoms with Crippen molar-refractivity contribution in [3.63, 3.8) is 0 Å². The van der Waals surface area contributed by atoms with Crippen LogP contribution in [0.1, 0.15) is 12.8 Å². The van der Waals surface area contributed by atoms with Crippen LogP contribution in [0.15, 0.2) is 28.7 Å². The van der Waals surface area contributed by atoms with Crippen molar-refractivity contribution in [2.75, 3.05) is 11.4 Å². The SMILES string of the molecule is O=C(O)[C@@H]1CCCN1c1ccc2cc(Br)c(F)cc2n1. The minimum atomic E-state index is -0.841. The zero-order valence-electron chi connectivity index (χ0n) is 10.5. The van der Waals surface area contributed by atoms with Gasteiger partial charge in [0.1, 0.15) is 17.7 Å². The summed E-state index contributed by atoms with van der Waals surface area (Å²) in [5, 5.41) is 10.0. The van der Waals surface area contributed by atoms with Gasteiger partial charge in [0.25, 0.3) is 0 Å². The lowest BCUT2D eigenvalue weighted by Crippen LogP contribution is -2.36. The van der Waals surface area contributed by atoms with Crippen LogP contribution in [0.5, 0.6) is 0 Å². The molecule has 0 bridgehead atoms. The first kappa shape index (κ1) is 13.3. The third-order valence-electron chi connectivity index (χ3n) is 3.55. The largest absolute Gasteiger partial charge is 0.480 e. The van der Waals surface area contributed by atoms with Gasteiger partial charge in [-0.25, -0.2) is 14.2 Å². The van der Waals surface area contributed by atoms with E-state index in [2.05, 4.69) is 20.9 Å². The number of carbonyl (C=O) groups is 1. The second-order valence-electron chi connectivity index (χ2n) is 4.82. The molecule has 4 nitrogen and oxygen atoms in total. The number of aromatic nitrogens is 1. The molecule has 1 fully saturated rings. The first-order valence-corrected chi connectivity index (χ1v) is 7.11. The van der Waals surface area contributed by atoms with E-state index in [4.69, 9.17) is 0 Å². The van der Waals surface area contributed by atoms with Crippen LogP contribution in [-0.4, -0.2) is 28.6 Å². The van der Waals surface area contributed by atoms with Gasteiger partial charge in [0.2, 0.25) is 0 Å². The van der Waals surface area contributed by atoms with Gasteiger partial charge in [-0.1, -0.05) is 0 Å². The van der Waals surface area contributed by atoms with Crippen molar-refractivity contribution in [1.29, 1.82) is 0 Å². The van der Waals surface area contributed by atoms with E-state index in [0.29, 0.717) is 28.8 Å². The molecule has 0 amide bonds. The number of pyridine rings is 1. The molecule has 1 atom stereocenters. The molecule has 104 valence electrons. The number of hydrogen-bond acceptors (Lipinski definition) is 3. The van der Waals surface area contributed by atoms with Gasteiger partial charge in [-0.2, -0.15) is 0 Å². The van der Waals surface area contributed by atoms with Crippen molar-refractivity contribution < 1.29 is 14.3 Å². The van der Waals surface area contributed by atoms with E-state index in [0.717, 1.165) is 11.8 Å². The quantitative estimate of drug-likeness (QED) is 0.913. The minimum Gasteiger partial charge on any atom is -0.480 e. The number of carboxylic acid groups (broad SMARTS) is 1. The van der Waals surface area contributed by atoms with E-state index in [9.17, 15) is 14.3 Å². The molecule has 1 aromatic heterocycles. The monoisotopic (exact) mass is 338 g/mol. The number of halogens is 2. The summed E-state index contributed by atoms with van der Waals surface area (Å²) in [6.45, 7) is 0.661. The second-order valence-corrected chi connectivity index (χ2v) is 5.67. The van der Waals surface area contributed by atoms with Gasteiger partial charge in [0, 0.05) is 18.0 Å².